The van der Waals surface area contributed by atoms with Gasteiger partial charge in [0, 0.05) is 12.3 Å². The topological polar surface area (TPSA) is 104 Å². The molecule has 7 heteroatoms. The van der Waals surface area contributed by atoms with Crippen LogP contribution in [0.15, 0.2) is 24.3 Å². The monoisotopic (exact) mass is 311 g/mol. The maximum absolute atomic E-state index is 12.1. The molecule has 0 fully saturated rings. The maximum Gasteiger partial charge on any atom is 0.312 e. The number of urea groups is 1. The van der Waals surface area contributed by atoms with E-state index >= 15 is 0 Å². The zero-order valence-electron chi connectivity index (χ0n) is 12.0. The van der Waals surface area contributed by atoms with E-state index in [0.29, 0.717) is 18.5 Å². The smallest absolute Gasteiger partial charge is 0.312 e. The molecule has 1 atom stereocenters. The molecule has 3 amide bonds. The summed E-state index contributed by atoms with van der Waals surface area (Å²) in [6, 6.07) is 5.84. The highest BCUT2D eigenvalue weighted by Crippen LogP contribution is 2.11. The molecular weight excluding hydrogens is 290 g/mol. The highest BCUT2D eigenvalue weighted by molar-refractivity contribution is 7.98. The Bertz CT molecular complexity index is 465. The SMILES string of the molecule is CSCCC(NC(N)=O)C(=O)Nc1ccc(CCO)cc1. The lowest BCUT2D eigenvalue weighted by molar-refractivity contribution is -0.117. The summed E-state index contributed by atoms with van der Waals surface area (Å²) in [5.74, 6) is 0.450. The van der Waals surface area contributed by atoms with Crippen LogP contribution in [-0.2, 0) is 11.2 Å². The summed E-state index contributed by atoms with van der Waals surface area (Å²) in [7, 11) is 0. The number of thioether (sulfide) groups is 1. The van der Waals surface area contributed by atoms with Crippen LogP contribution in [0.5, 0.6) is 0 Å². The molecule has 116 valence electrons. The molecule has 0 spiro atoms. The average molecular weight is 311 g/mol. The molecule has 5 N–H and O–H groups in total. The molecule has 0 radical (unpaired) electrons. The Balaban J connectivity index is 2.64. The van der Waals surface area contributed by atoms with Crippen molar-refractivity contribution in [3.63, 3.8) is 0 Å². The lowest BCUT2D eigenvalue weighted by atomic mass is 10.1. The summed E-state index contributed by atoms with van der Waals surface area (Å²) in [6.45, 7) is 0.0883. The molecule has 0 aliphatic heterocycles. The Labute approximate surface area is 128 Å². The van der Waals surface area contributed by atoms with Gasteiger partial charge in [0.05, 0.1) is 0 Å². The van der Waals surface area contributed by atoms with Crippen LogP contribution in [0.4, 0.5) is 10.5 Å². The molecule has 0 aromatic heterocycles. The first kappa shape index (κ1) is 17.3. The summed E-state index contributed by atoms with van der Waals surface area (Å²) < 4.78 is 0. The summed E-state index contributed by atoms with van der Waals surface area (Å²) in [6.07, 6.45) is 3.02. The Morgan fingerprint density at radius 3 is 2.52 bits per heavy atom. The number of nitrogens with two attached hydrogens (primary N) is 1. The van der Waals surface area contributed by atoms with Crippen LogP contribution in [0.1, 0.15) is 12.0 Å². The molecule has 1 unspecified atom stereocenters. The fourth-order valence-corrected chi connectivity index (χ4v) is 2.26. The summed E-state index contributed by atoms with van der Waals surface area (Å²) in [4.78, 5) is 23.1. The number of carbonyl (C=O) groups is 2. The Morgan fingerprint density at radius 1 is 1.33 bits per heavy atom. The minimum atomic E-state index is -0.713. The van der Waals surface area contributed by atoms with Crippen LogP contribution in [0.2, 0.25) is 0 Å². The molecule has 1 rings (SSSR count). The van der Waals surface area contributed by atoms with E-state index in [-0.39, 0.29) is 12.5 Å². The van der Waals surface area contributed by atoms with Crippen LogP contribution in [-0.4, -0.2) is 41.7 Å². The molecule has 0 aliphatic carbocycles. The molecule has 0 saturated heterocycles. The Hall–Kier alpha value is -1.73. The fraction of sp³-hybridized carbons (Fsp3) is 0.429. The van der Waals surface area contributed by atoms with Gasteiger partial charge in [0.15, 0.2) is 0 Å². The number of rotatable bonds is 8. The van der Waals surface area contributed by atoms with E-state index in [9.17, 15) is 9.59 Å². The van der Waals surface area contributed by atoms with E-state index in [4.69, 9.17) is 10.8 Å². The Kier molecular flexibility index (Phi) is 7.63. The molecule has 0 bridgehead atoms. The molecule has 6 nitrogen and oxygen atoms in total. The van der Waals surface area contributed by atoms with Crippen molar-refractivity contribution in [2.24, 2.45) is 5.73 Å². The first-order valence-corrected chi connectivity index (χ1v) is 8.01. The standard InChI is InChI=1S/C14H21N3O3S/c1-21-9-7-12(17-14(15)20)13(19)16-11-4-2-10(3-5-11)6-8-18/h2-5,12,18H,6-9H2,1H3,(H,16,19)(H3,15,17,20). The van der Waals surface area contributed by atoms with Gasteiger partial charge in [-0.25, -0.2) is 4.79 Å². The van der Waals surface area contributed by atoms with E-state index in [1.54, 1.807) is 23.9 Å². The van der Waals surface area contributed by atoms with Gasteiger partial charge in [0.1, 0.15) is 6.04 Å². The van der Waals surface area contributed by atoms with Gasteiger partial charge in [-0.05, 0) is 42.5 Å². The van der Waals surface area contributed by atoms with Gasteiger partial charge < -0.3 is 21.5 Å². The van der Waals surface area contributed by atoms with E-state index in [2.05, 4.69) is 10.6 Å². The van der Waals surface area contributed by atoms with Crippen molar-refractivity contribution in [1.82, 2.24) is 5.32 Å². The maximum atomic E-state index is 12.1. The number of aliphatic hydroxyl groups excluding tert-OH is 1. The van der Waals surface area contributed by atoms with Crippen molar-refractivity contribution in [3.05, 3.63) is 29.8 Å². The van der Waals surface area contributed by atoms with E-state index < -0.39 is 12.1 Å². The lowest BCUT2D eigenvalue weighted by Gasteiger charge is -2.17. The normalized spacial score (nSPS) is 11.7. The number of amides is 3. The van der Waals surface area contributed by atoms with Crippen molar-refractivity contribution in [3.8, 4) is 0 Å². The molecule has 21 heavy (non-hydrogen) atoms. The van der Waals surface area contributed by atoms with E-state index in [1.165, 1.54) is 0 Å². The quantitative estimate of drug-likeness (QED) is 0.573. The molecule has 1 aromatic rings. The summed E-state index contributed by atoms with van der Waals surface area (Å²) >= 11 is 1.59. The van der Waals surface area contributed by atoms with Crippen molar-refractivity contribution >= 4 is 29.4 Å². The predicted molar refractivity (Wildman–Crippen MR) is 85.4 cm³/mol. The van der Waals surface area contributed by atoms with Gasteiger partial charge in [-0.2, -0.15) is 11.8 Å². The second-order valence-corrected chi connectivity index (χ2v) is 5.49. The number of aliphatic hydroxyl groups is 1. The van der Waals surface area contributed by atoms with Gasteiger partial charge in [0.25, 0.3) is 0 Å². The fourth-order valence-electron chi connectivity index (χ4n) is 1.79. The van der Waals surface area contributed by atoms with Crippen molar-refractivity contribution in [2.45, 2.75) is 18.9 Å². The van der Waals surface area contributed by atoms with Crippen LogP contribution in [0, 0.1) is 0 Å². The van der Waals surface area contributed by atoms with Gasteiger partial charge in [-0.15, -0.1) is 0 Å². The minimum absolute atomic E-state index is 0.0883. The zero-order chi connectivity index (χ0) is 15.7. The summed E-state index contributed by atoms with van der Waals surface area (Å²) in [5.41, 5.74) is 6.72. The van der Waals surface area contributed by atoms with Gasteiger partial charge in [-0.1, -0.05) is 12.1 Å². The highest BCUT2D eigenvalue weighted by Gasteiger charge is 2.19. The zero-order valence-corrected chi connectivity index (χ0v) is 12.8. The molecule has 0 aliphatic rings. The number of hydrogen-bond acceptors (Lipinski definition) is 4. The third-order valence-electron chi connectivity index (χ3n) is 2.87. The van der Waals surface area contributed by atoms with Crippen molar-refractivity contribution < 1.29 is 14.7 Å². The molecule has 1 aromatic carbocycles. The number of hydrogen-bond donors (Lipinski definition) is 4. The van der Waals surface area contributed by atoms with Crippen LogP contribution in [0.3, 0.4) is 0 Å². The molecule has 0 saturated carbocycles. The number of nitrogens with one attached hydrogen (secondary N) is 2. The second kappa shape index (κ2) is 9.25. The number of primary amides is 1. The average Bonchev–Trinajstić information content (AvgIpc) is 2.45. The lowest BCUT2D eigenvalue weighted by Crippen LogP contribution is -2.46. The van der Waals surface area contributed by atoms with Gasteiger partial charge in [0.2, 0.25) is 5.91 Å². The second-order valence-electron chi connectivity index (χ2n) is 4.50. The highest BCUT2D eigenvalue weighted by atomic mass is 32.2. The largest absolute Gasteiger partial charge is 0.396 e. The minimum Gasteiger partial charge on any atom is -0.396 e. The van der Waals surface area contributed by atoms with Crippen molar-refractivity contribution in [2.75, 3.05) is 23.9 Å². The Morgan fingerprint density at radius 2 is 2.00 bits per heavy atom. The third-order valence-corrected chi connectivity index (χ3v) is 3.51. The number of anilines is 1. The van der Waals surface area contributed by atoms with Crippen molar-refractivity contribution in [1.29, 1.82) is 0 Å². The molecular formula is C14H21N3O3S. The first-order valence-electron chi connectivity index (χ1n) is 6.62. The van der Waals surface area contributed by atoms with Crippen LogP contribution < -0.4 is 16.4 Å². The number of benzene rings is 1. The van der Waals surface area contributed by atoms with Crippen LogP contribution in [0.25, 0.3) is 0 Å². The number of carbonyl (C=O) groups excluding carboxylic acids is 2. The third kappa shape index (κ3) is 6.50. The van der Waals surface area contributed by atoms with Crippen LogP contribution >= 0.6 is 11.8 Å². The van der Waals surface area contributed by atoms with E-state index in [0.717, 1.165) is 11.3 Å². The molecule has 0 heterocycles. The predicted octanol–water partition coefficient (Wildman–Crippen LogP) is 0.950. The van der Waals surface area contributed by atoms with Gasteiger partial charge in [-0.3, -0.25) is 4.79 Å². The first-order chi connectivity index (χ1) is 10.1. The summed E-state index contributed by atoms with van der Waals surface area (Å²) in [5, 5.41) is 14.0. The van der Waals surface area contributed by atoms with E-state index in [1.807, 2.05) is 18.4 Å². The van der Waals surface area contributed by atoms with Gasteiger partial charge >= 0.3 is 6.03 Å².